The number of amides is 1. The van der Waals surface area contributed by atoms with Crippen LogP contribution >= 0.6 is 0 Å². The van der Waals surface area contributed by atoms with Gasteiger partial charge in [0, 0.05) is 25.2 Å². The Morgan fingerprint density at radius 1 is 1.09 bits per heavy atom. The zero-order chi connectivity index (χ0) is 15.8. The molecule has 1 aromatic heterocycles. The molecule has 1 amide bonds. The van der Waals surface area contributed by atoms with Gasteiger partial charge in [0.15, 0.2) is 11.5 Å². The van der Waals surface area contributed by atoms with Gasteiger partial charge in [0.1, 0.15) is 0 Å². The van der Waals surface area contributed by atoms with Crippen molar-refractivity contribution >= 4 is 11.7 Å². The molecule has 3 atom stereocenters. The Morgan fingerprint density at radius 2 is 1.87 bits per heavy atom. The van der Waals surface area contributed by atoms with Crippen LogP contribution in [0.2, 0.25) is 0 Å². The van der Waals surface area contributed by atoms with E-state index in [1.165, 1.54) is 32.1 Å². The molecule has 5 nitrogen and oxygen atoms in total. The summed E-state index contributed by atoms with van der Waals surface area (Å²) >= 11 is 0. The number of hydrogen-bond acceptors (Lipinski definition) is 4. The van der Waals surface area contributed by atoms with Crippen LogP contribution in [0, 0.1) is 5.92 Å². The van der Waals surface area contributed by atoms with Gasteiger partial charge < -0.3 is 9.80 Å². The highest BCUT2D eigenvalue weighted by atomic mass is 16.2. The quantitative estimate of drug-likeness (QED) is 0.842. The highest BCUT2D eigenvalue weighted by molar-refractivity contribution is 5.93. The maximum atomic E-state index is 13.0. The van der Waals surface area contributed by atoms with Gasteiger partial charge in [0.05, 0.1) is 0 Å². The molecule has 0 bridgehead atoms. The largest absolute Gasteiger partial charge is 0.355 e. The standard InChI is InChI=1S/C18H26N4O/c1-13-12-14-6-2-3-7-16(14)22(13)18(23)15-8-9-17(20-19-15)21-10-4-5-11-21/h8-9,13-14,16H,2-7,10-12H2,1H3. The lowest BCUT2D eigenvalue weighted by Crippen LogP contribution is -2.42. The van der Waals surface area contributed by atoms with E-state index in [0.717, 1.165) is 31.7 Å². The molecular weight excluding hydrogens is 288 g/mol. The van der Waals surface area contributed by atoms with Crippen molar-refractivity contribution in [3.05, 3.63) is 17.8 Å². The number of rotatable bonds is 2. The Kier molecular flexibility index (Phi) is 3.95. The third-order valence-corrected chi connectivity index (χ3v) is 5.88. The van der Waals surface area contributed by atoms with E-state index in [-0.39, 0.29) is 5.91 Å². The van der Waals surface area contributed by atoms with Crippen LogP contribution in [0.15, 0.2) is 12.1 Å². The number of hydrogen-bond donors (Lipinski definition) is 0. The molecule has 0 N–H and O–H groups in total. The Hall–Kier alpha value is -1.65. The van der Waals surface area contributed by atoms with E-state index in [0.29, 0.717) is 23.7 Å². The number of carbonyl (C=O) groups excluding carboxylic acids is 1. The summed E-state index contributed by atoms with van der Waals surface area (Å²) in [5.41, 5.74) is 0.506. The molecule has 4 rings (SSSR count). The lowest BCUT2D eigenvalue weighted by Gasteiger charge is -2.33. The van der Waals surface area contributed by atoms with Gasteiger partial charge in [-0.2, -0.15) is 0 Å². The topological polar surface area (TPSA) is 49.3 Å². The first-order valence-electron chi connectivity index (χ1n) is 9.15. The van der Waals surface area contributed by atoms with E-state index < -0.39 is 0 Å². The number of carbonyl (C=O) groups is 1. The van der Waals surface area contributed by atoms with Crippen molar-refractivity contribution in [2.75, 3.05) is 18.0 Å². The number of fused-ring (bicyclic) bond motifs is 1. The second-order valence-electron chi connectivity index (χ2n) is 7.38. The van der Waals surface area contributed by atoms with E-state index in [1.54, 1.807) is 0 Å². The Labute approximate surface area is 138 Å². The minimum Gasteiger partial charge on any atom is -0.355 e. The SMILES string of the molecule is CC1CC2CCCCC2N1C(=O)c1ccc(N2CCCC2)nn1. The van der Waals surface area contributed by atoms with Crippen molar-refractivity contribution in [2.45, 2.75) is 64.0 Å². The van der Waals surface area contributed by atoms with Gasteiger partial charge in [-0.1, -0.05) is 12.8 Å². The van der Waals surface area contributed by atoms with Gasteiger partial charge >= 0.3 is 0 Å². The first kappa shape index (κ1) is 14.9. The normalized spacial score (nSPS) is 30.6. The van der Waals surface area contributed by atoms with Crippen LogP contribution in [0.1, 0.15) is 62.4 Å². The number of anilines is 1. The molecule has 2 saturated heterocycles. The molecule has 124 valence electrons. The summed E-state index contributed by atoms with van der Waals surface area (Å²) in [6.07, 6.45) is 8.58. The zero-order valence-corrected chi connectivity index (χ0v) is 13.9. The van der Waals surface area contributed by atoms with Crippen molar-refractivity contribution in [3.63, 3.8) is 0 Å². The minimum atomic E-state index is 0.0763. The zero-order valence-electron chi connectivity index (χ0n) is 13.9. The predicted molar refractivity (Wildman–Crippen MR) is 89.5 cm³/mol. The fraction of sp³-hybridized carbons (Fsp3) is 0.722. The van der Waals surface area contributed by atoms with E-state index in [2.05, 4.69) is 26.9 Å². The Balaban J connectivity index is 1.51. The van der Waals surface area contributed by atoms with Crippen molar-refractivity contribution in [3.8, 4) is 0 Å². The first-order chi connectivity index (χ1) is 11.2. The van der Waals surface area contributed by atoms with Gasteiger partial charge in [-0.3, -0.25) is 4.79 Å². The molecule has 1 aliphatic carbocycles. The predicted octanol–water partition coefficient (Wildman–Crippen LogP) is 2.87. The summed E-state index contributed by atoms with van der Waals surface area (Å²) in [5, 5.41) is 8.57. The third kappa shape index (κ3) is 2.70. The van der Waals surface area contributed by atoms with Crippen molar-refractivity contribution in [1.82, 2.24) is 15.1 Å². The molecule has 2 aliphatic heterocycles. The molecule has 0 aromatic carbocycles. The maximum absolute atomic E-state index is 13.0. The van der Waals surface area contributed by atoms with E-state index in [1.807, 2.05) is 12.1 Å². The average Bonchev–Trinajstić information content (AvgIpc) is 3.21. The molecule has 1 aromatic rings. The average molecular weight is 314 g/mol. The van der Waals surface area contributed by atoms with Crippen LogP contribution in [0.3, 0.4) is 0 Å². The van der Waals surface area contributed by atoms with Gasteiger partial charge in [0.25, 0.3) is 5.91 Å². The molecule has 3 heterocycles. The summed E-state index contributed by atoms with van der Waals surface area (Å²) in [6, 6.07) is 4.58. The number of nitrogens with zero attached hydrogens (tertiary/aromatic N) is 4. The second kappa shape index (κ2) is 6.10. The number of likely N-dealkylation sites (tertiary alicyclic amines) is 1. The van der Waals surface area contributed by atoms with E-state index in [9.17, 15) is 4.79 Å². The van der Waals surface area contributed by atoms with Crippen LogP contribution in [0.5, 0.6) is 0 Å². The summed E-state index contributed by atoms with van der Waals surface area (Å²) in [6.45, 7) is 4.28. The van der Waals surface area contributed by atoms with Crippen LogP contribution in [0.25, 0.3) is 0 Å². The summed E-state index contributed by atoms with van der Waals surface area (Å²) in [7, 11) is 0. The molecule has 0 radical (unpaired) electrons. The molecule has 5 heteroatoms. The molecule has 3 fully saturated rings. The second-order valence-corrected chi connectivity index (χ2v) is 7.38. The van der Waals surface area contributed by atoms with E-state index in [4.69, 9.17) is 0 Å². The minimum absolute atomic E-state index is 0.0763. The summed E-state index contributed by atoms with van der Waals surface area (Å²) in [4.78, 5) is 17.3. The fourth-order valence-electron chi connectivity index (χ4n) is 4.75. The lowest BCUT2D eigenvalue weighted by atomic mass is 9.85. The fourth-order valence-corrected chi connectivity index (χ4v) is 4.75. The maximum Gasteiger partial charge on any atom is 0.274 e. The molecule has 3 aliphatic rings. The number of aromatic nitrogens is 2. The van der Waals surface area contributed by atoms with Crippen molar-refractivity contribution < 1.29 is 4.79 Å². The smallest absolute Gasteiger partial charge is 0.274 e. The van der Waals surface area contributed by atoms with Crippen LogP contribution in [-0.4, -0.2) is 46.2 Å². The van der Waals surface area contributed by atoms with Gasteiger partial charge in [-0.25, -0.2) is 0 Å². The van der Waals surface area contributed by atoms with Crippen molar-refractivity contribution in [2.24, 2.45) is 5.92 Å². The van der Waals surface area contributed by atoms with Crippen LogP contribution in [-0.2, 0) is 0 Å². The third-order valence-electron chi connectivity index (χ3n) is 5.88. The summed E-state index contributed by atoms with van der Waals surface area (Å²) < 4.78 is 0. The molecule has 0 spiro atoms. The first-order valence-corrected chi connectivity index (χ1v) is 9.15. The molecule has 3 unspecified atom stereocenters. The monoisotopic (exact) mass is 314 g/mol. The van der Waals surface area contributed by atoms with Crippen LogP contribution in [0.4, 0.5) is 5.82 Å². The van der Waals surface area contributed by atoms with Crippen LogP contribution < -0.4 is 4.90 Å². The highest BCUT2D eigenvalue weighted by Crippen LogP contribution is 2.40. The Morgan fingerprint density at radius 3 is 2.61 bits per heavy atom. The van der Waals surface area contributed by atoms with E-state index >= 15 is 0 Å². The molecule has 1 saturated carbocycles. The van der Waals surface area contributed by atoms with Crippen molar-refractivity contribution in [1.29, 1.82) is 0 Å². The lowest BCUT2D eigenvalue weighted by molar-refractivity contribution is 0.0626. The highest BCUT2D eigenvalue weighted by Gasteiger charge is 2.43. The van der Waals surface area contributed by atoms with Gasteiger partial charge in [0.2, 0.25) is 0 Å². The van der Waals surface area contributed by atoms with Gasteiger partial charge in [-0.05, 0) is 57.1 Å². The molecular formula is C18H26N4O. The Bertz CT molecular complexity index is 567. The van der Waals surface area contributed by atoms with Gasteiger partial charge in [-0.15, -0.1) is 10.2 Å². The molecule has 23 heavy (non-hydrogen) atoms. The summed E-state index contributed by atoms with van der Waals surface area (Å²) in [5.74, 6) is 1.68.